The van der Waals surface area contributed by atoms with Gasteiger partial charge in [-0.05, 0) is 23.3 Å². The van der Waals surface area contributed by atoms with Gasteiger partial charge < -0.3 is 4.57 Å². The van der Waals surface area contributed by atoms with E-state index in [1.54, 1.807) is 0 Å². The number of aromatic nitrogens is 1. The van der Waals surface area contributed by atoms with Gasteiger partial charge in [-0.2, -0.15) is 0 Å². The summed E-state index contributed by atoms with van der Waals surface area (Å²) in [5.41, 5.74) is 5.21. The fraction of sp³-hybridized carbons (Fsp3) is 0. The average molecular weight is 217 g/mol. The molecule has 0 radical (unpaired) electrons. The Morgan fingerprint density at radius 2 is 1.65 bits per heavy atom. The molecule has 0 saturated heterocycles. The number of nitrogens with zero attached hydrogens (tertiary/aromatic N) is 1. The lowest BCUT2D eigenvalue weighted by molar-refractivity contribution is 1.24. The highest BCUT2D eigenvalue weighted by atomic mass is 14.9. The van der Waals surface area contributed by atoms with E-state index in [0.717, 1.165) is 0 Å². The lowest BCUT2D eigenvalue weighted by Crippen LogP contribution is -1.85. The summed E-state index contributed by atoms with van der Waals surface area (Å²) in [6.07, 6.45) is 6.43. The van der Waals surface area contributed by atoms with Gasteiger partial charge in [0.15, 0.2) is 0 Å². The standard InChI is InChI=1S/C16H11N/c1-2-6-14-12(4-1)8-10-17-11-9-13-5-3-7-15(14)16(13)17/h1-11H. The molecule has 0 N–H and O–H groups in total. The maximum atomic E-state index is 2.20. The maximum absolute atomic E-state index is 2.20. The summed E-state index contributed by atoms with van der Waals surface area (Å²) >= 11 is 0. The van der Waals surface area contributed by atoms with Gasteiger partial charge in [-0.25, -0.2) is 0 Å². The molecular formula is C16H11N. The smallest absolute Gasteiger partial charge is 0.0601 e. The Morgan fingerprint density at radius 1 is 0.765 bits per heavy atom. The molecule has 2 aromatic carbocycles. The first-order chi connectivity index (χ1) is 8.43. The molecular weight excluding hydrogens is 206 g/mol. The molecule has 1 aliphatic rings. The van der Waals surface area contributed by atoms with Gasteiger partial charge in [0.1, 0.15) is 0 Å². The van der Waals surface area contributed by atoms with Crippen LogP contribution in [0.15, 0.2) is 54.7 Å². The van der Waals surface area contributed by atoms with Crippen molar-refractivity contribution in [1.82, 2.24) is 4.57 Å². The number of fused-ring (bicyclic) bond motifs is 2. The Balaban J connectivity index is 2.24. The molecule has 0 aliphatic carbocycles. The molecule has 1 aliphatic heterocycles. The van der Waals surface area contributed by atoms with Crippen molar-refractivity contribution in [2.24, 2.45) is 0 Å². The molecule has 0 unspecified atom stereocenters. The maximum Gasteiger partial charge on any atom is 0.0601 e. The zero-order valence-electron chi connectivity index (χ0n) is 9.30. The normalized spacial score (nSPS) is 12.5. The van der Waals surface area contributed by atoms with Crippen molar-refractivity contribution < 1.29 is 0 Å². The van der Waals surface area contributed by atoms with Crippen LogP contribution in [0, 0.1) is 0 Å². The number of hydrogen-bond acceptors (Lipinski definition) is 0. The van der Waals surface area contributed by atoms with E-state index in [1.165, 1.54) is 27.6 Å². The monoisotopic (exact) mass is 217 g/mol. The van der Waals surface area contributed by atoms with E-state index in [1.807, 2.05) is 0 Å². The van der Waals surface area contributed by atoms with Crippen LogP contribution in [0.4, 0.5) is 0 Å². The summed E-state index contributed by atoms with van der Waals surface area (Å²) in [7, 11) is 0. The van der Waals surface area contributed by atoms with E-state index in [-0.39, 0.29) is 0 Å². The second kappa shape index (κ2) is 3.11. The van der Waals surface area contributed by atoms with E-state index in [4.69, 9.17) is 0 Å². The SMILES string of the molecule is C1=Cn2ccc3cccc(c32)-c2ccccc21. The summed E-state index contributed by atoms with van der Waals surface area (Å²) in [5, 5.41) is 1.30. The van der Waals surface area contributed by atoms with Crippen molar-refractivity contribution in [1.29, 1.82) is 0 Å². The van der Waals surface area contributed by atoms with Gasteiger partial charge in [0.25, 0.3) is 0 Å². The van der Waals surface area contributed by atoms with Crippen molar-refractivity contribution in [2.45, 2.75) is 0 Å². The Labute approximate surface area is 99.6 Å². The number of benzene rings is 2. The van der Waals surface area contributed by atoms with Crippen molar-refractivity contribution in [3.8, 4) is 11.1 Å². The quantitative estimate of drug-likeness (QED) is 0.415. The molecule has 0 saturated carbocycles. The lowest BCUT2D eigenvalue weighted by Gasteiger charge is -2.06. The Bertz CT molecular complexity index is 747. The van der Waals surface area contributed by atoms with E-state index >= 15 is 0 Å². The summed E-state index contributed by atoms with van der Waals surface area (Å²) in [6.45, 7) is 0. The topological polar surface area (TPSA) is 4.93 Å². The van der Waals surface area contributed by atoms with Crippen molar-refractivity contribution in [2.75, 3.05) is 0 Å². The van der Waals surface area contributed by atoms with Crippen LogP contribution in [-0.2, 0) is 0 Å². The summed E-state index contributed by atoms with van der Waals surface area (Å²) in [4.78, 5) is 0. The highest BCUT2D eigenvalue weighted by Gasteiger charge is 2.12. The van der Waals surface area contributed by atoms with E-state index in [2.05, 4.69) is 71.6 Å². The van der Waals surface area contributed by atoms with Gasteiger partial charge in [0.2, 0.25) is 0 Å². The second-order valence-corrected chi connectivity index (χ2v) is 4.37. The van der Waals surface area contributed by atoms with Crippen LogP contribution in [0.3, 0.4) is 0 Å². The predicted octanol–water partition coefficient (Wildman–Crippen LogP) is 4.25. The Kier molecular flexibility index (Phi) is 1.61. The third-order valence-corrected chi connectivity index (χ3v) is 3.41. The minimum Gasteiger partial charge on any atom is -0.323 e. The molecule has 17 heavy (non-hydrogen) atoms. The van der Waals surface area contributed by atoms with Gasteiger partial charge in [0.05, 0.1) is 5.52 Å². The third-order valence-electron chi connectivity index (χ3n) is 3.41. The summed E-state index contributed by atoms with van der Waals surface area (Å²) in [5.74, 6) is 0. The zero-order chi connectivity index (χ0) is 11.2. The molecule has 2 heterocycles. The number of hydrogen-bond donors (Lipinski definition) is 0. The van der Waals surface area contributed by atoms with Gasteiger partial charge in [-0.15, -0.1) is 0 Å². The Morgan fingerprint density at radius 3 is 2.65 bits per heavy atom. The fourth-order valence-corrected chi connectivity index (χ4v) is 2.61. The number of rotatable bonds is 0. The first kappa shape index (κ1) is 8.82. The molecule has 0 bridgehead atoms. The average Bonchev–Trinajstić information content (AvgIpc) is 2.72. The fourth-order valence-electron chi connectivity index (χ4n) is 2.61. The van der Waals surface area contributed by atoms with E-state index in [0.29, 0.717) is 0 Å². The van der Waals surface area contributed by atoms with Crippen LogP contribution in [-0.4, -0.2) is 4.57 Å². The predicted molar refractivity (Wildman–Crippen MR) is 72.6 cm³/mol. The molecule has 1 nitrogen and oxygen atoms in total. The molecule has 1 heteroatoms. The lowest BCUT2D eigenvalue weighted by atomic mass is 9.98. The van der Waals surface area contributed by atoms with Crippen molar-refractivity contribution in [3.05, 3.63) is 60.3 Å². The van der Waals surface area contributed by atoms with Crippen LogP contribution < -0.4 is 0 Å². The molecule has 4 rings (SSSR count). The van der Waals surface area contributed by atoms with Gasteiger partial charge in [-0.1, -0.05) is 42.5 Å². The number of para-hydroxylation sites is 1. The van der Waals surface area contributed by atoms with Crippen LogP contribution in [0.5, 0.6) is 0 Å². The van der Waals surface area contributed by atoms with Crippen LogP contribution in [0.1, 0.15) is 5.56 Å². The summed E-state index contributed by atoms with van der Waals surface area (Å²) in [6, 6.07) is 17.2. The van der Waals surface area contributed by atoms with Gasteiger partial charge in [0, 0.05) is 23.3 Å². The van der Waals surface area contributed by atoms with Crippen molar-refractivity contribution >= 4 is 23.2 Å². The first-order valence-electron chi connectivity index (χ1n) is 5.81. The van der Waals surface area contributed by atoms with Crippen LogP contribution >= 0.6 is 0 Å². The minimum atomic E-state index is 1.28. The first-order valence-corrected chi connectivity index (χ1v) is 5.81. The molecule has 3 aromatic rings. The van der Waals surface area contributed by atoms with Crippen LogP contribution in [0.2, 0.25) is 0 Å². The highest BCUT2D eigenvalue weighted by molar-refractivity contribution is 6.00. The molecule has 0 amide bonds. The second-order valence-electron chi connectivity index (χ2n) is 4.37. The Hall–Kier alpha value is -2.28. The largest absolute Gasteiger partial charge is 0.323 e. The molecule has 0 spiro atoms. The van der Waals surface area contributed by atoms with E-state index in [9.17, 15) is 0 Å². The highest BCUT2D eigenvalue weighted by Crippen LogP contribution is 2.34. The zero-order valence-corrected chi connectivity index (χ0v) is 9.30. The van der Waals surface area contributed by atoms with Crippen molar-refractivity contribution in [3.63, 3.8) is 0 Å². The molecule has 80 valence electrons. The summed E-state index contributed by atoms with van der Waals surface area (Å²) < 4.78 is 2.20. The van der Waals surface area contributed by atoms with E-state index < -0.39 is 0 Å². The van der Waals surface area contributed by atoms with Gasteiger partial charge >= 0.3 is 0 Å². The third kappa shape index (κ3) is 1.14. The molecule has 0 atom stereocenters. The molecule has 1 aromatic heterocycles. The van der Waals surface area contributed by atoms with Crippen LogP contribution in [0.25, 0.3) is 34.3 Å². The van der Waals surface area contributed by atoms with Gasteiger partial charge in [-0.3, -0.25) is 0 Å². The molecule has 0 fully saturated rings. The minimum absolute atomic E-state index is 1.28.